The molecule has 0 radical (unpaired) electrons. The van der Waals surface area contributed by atoms with Crippen LogP contribution in [0.2, 0.25) is 0 Å². The predicted octanol–water partition coefficient (Wildman–Crippen LogP) is 4.61. The van der Waals surface area contributed by atoms with E-state index in [0.717, 1.165) is 22.2 Å². The number of halogens is 2. The molecule has 1 nitrogen and oxygen atoms in total. The molecule has 0 amide bonds. The maximum Gasteiger partial charge on any atom is 0.123 e. The molecular weight excluding hydrogens is 295 g/mol. The molecule has 0 atom stereocenters. The van der Waals surface area contributed by atoms with Gasteiger partial charge in [0.05, 0.1) is 0 Å². The Balaban J connectivity index is 2.04. The summed E-state index contributed by atoms with van der Waals surface area (Å²) < 4.78 is 18.8. The Kier molecular flexibility index (Phi) is 4.37. The van der Waals surface area contributed by atoms with Crippen molar-refractivity contribution in [2.75, 3.05) is 0 Å². The van der Waals surface area contributed by atoms with Crippen molar-refractivity contribution in [2.24, 2.45) is 0 Å². The molecular formula is C15H14BrFO. The summed E-state index contributed by atoms with van der Waals surface area (Å²) in [7, 11) is 0. The van der Waals surface area contributed by atoms with Gasteiger partial charge in [-0.15, -0.1) is 0 Å². The number of aryl methyl sites for hydroxylation is 1. The molecule has 0 saturated carbocycles. The van der Waals surface area contributed by atoms with E-state index in [1.54, 1.807) is 6.07 Å². The lowest BCUT2D eigenvalue weighted by Gasteiger charge is -2.09. The summed E-state index contributed by atoms with van der Waals surface area (Å²) >= 11 is 3.39. The molecule has 0 unspecified atom stereocenters. The van der Waals surface area contributed by atoms with E-state index in [1.807, 2.05) is 31.2 Å². The summed E-state index contributed by atoms with van der Waals surface area (Å²) in [5, 5.41) is 0.830. The largest absolute Gasteiger partial charge is 0.489 e. The number of ether oxygens (including phenoxy) is 1. The van der Waals surface area contributed by atoms with Gasteiger partial charge in [0.2, 0.25) is 0 Å². The third kappa shape index (κ3) is 3.33. The molecule has 94 valence electrons. The normalized spacial score (nSPS) is 10.4. The van der Waals surface area contributed by atoms with Crippen molar-refractivity contribution in [3.05, 3.63) is 65.0 Å². The van der Waals surface area contributed by atoms with Crippen LogP contribution < -0.4 is 4.74 Å². The maximum atomic E-state index is 13.1. The lowest BCUT2D eigenvalue weighted by atomic mass is 10.1. The van der Waals surface area contributed by atoms with E-state index >= 15 is 0 Å². The van der Waals surface area contributed by atoms with Gasteiger partial charge in [-0.1, -0.05) is 34.1 Å². The van der Waals surface area contributed by atoms with Gasteiger partial charge in [0.25, 0.3) is 0 Å². The second-order valence-electron chi connectivity index (χ2n) is 4.14. The van der Waals surface area contributed by atoms with Crippen LogP contribution >= 0.6 is 15.9 Å². The summed E-state index contributed by atoms with van der Waals surface area (Å²) in [6.45, 7) is 2.34. The smallest absolute Gasteiger partial charge is 0.123 e. The first-order valence-electron chi connectivity index (χ1n) is 5.72. The molecule has 2 aromatic rings. The van der Waals surface area contributed by atoms with Gasteiger partial charge in [0.15, 0.2) is 0 Å². The van der Waals surface area contributed by atoms with E-state index in [2.05, 4.69) is 15.9 Å². The zero-order valence-corrected chi connectivity index (χ0v) is 11.7. The summed E-state index contributed by atoms with van der Waals surface area (Å²) in [6, 6.07) is 12.6. The quantitative estimate of drug-likeness (QED) is 0.750. The third-order valence-corrected chi connectivity index (χ3v) is 3.43. The fourth-order valence-electron chi connectivity index (χ4n) is 1.63. The van der Waals surface area contributed by atoms with Gasteiger partial charge in [0, 0.05) is 5.33 Å². The van der Waals surface area contributed by atoms with Crippen molar-refractivity contribution in [1.82, 2.24) is 0 Å². The first-order chi connectivity index (χ1) is 8.69. The Hall–Kier alpha value is -1.35. The van der Waals surface area contributed by atoms with E-state index in [0.29, 0.717) is 6.61 Å². The molecule has 0 fully saturated rings. The number of hydrogen-bond acceptors (Lipinski definition) is 1. The van der Waals surface area contributed by atoms with Crippen LogP contribution in [0.5, 0.6) is 5.75 Å². The average molecular weight is 309 g/mol. The Bertz CT molecular complexity index is 523. The molecule has 0 spiro atoms. The van der Waals surface area contributed by atoms with E-state index < -0.39 is 0 Å². The van der Waals surface area contributed by atoms with Crippen LogP contribution in [-0.2, 0) is 11.9 Å². The maximum absolute atomic E-state index is 13.1. The van der Waals surface area contributed by atoms with Gasteiger partial charge < -0.3 is 4.74 Å². The number of rotatable bonds is 4. The van der Waals surface area contributed by atoms with Crippen LogP contribution in [0.25, 0.3) is 0 Å². The van der Waals surface area contributed by atoms with Gasteiger partial charge >= 0.3 is 0 Å². The lowest BCUT2D eigenvalue weighted by molar-refractivity contribution is 0.304. The van der Waals surface area contributed by atoms with Gasteiger partial charge in [0.1, 0.15) is 18.2 Å². The highest BCUT2D eigenvalue weighted by Crippen LogP contribution is 2.17. The first kappa shape index (κ1) is 13.1. The highest BCUT2D eigenvalue weighted by atomic mass is 79.9. The zero-order valence-electron chi connectivity index (χ0n) is 10.1. The Morgan fingerprint density at radius 1 is 1.11 bits per heavy atom. The molecule has 0 aromatic heterocycles. The summed E-state index contributed by atoms with van der Waals surface area (Å²) in [5.74, 6) is 0.567. The molecule has 0 N–H and O–H groups in total. The van der Waals surface area contributed by atoms with Crippen molar-refractivity contribution < 1.29 is 9.13 Å². The monoisotopic (exact) mass is 308 g/mol. The molecule has 3 heteroatoms. The highest BCUT2D eigenvalue weighted by molar-refractivity contribution is 9.08. The second kappa shape index (κ2) is 6.01. The van der Waals surface area contributed by atoms with E-state index in [4.69, 9.17) is 4.74 Å². The predicted molar refractivity (Wildman–Crippen MR) is 74.5 cm³/mol. The standard InChI is InChI=1S/C15H14BrFO/c1-11-2-5-14(17)8-13(11)10-18-15-6-3-12(9-16)4-7-15/h2-8H,9-10H2,1H3. The molecule has 0 bridgehead atoms. The number of benzene rings is 2. The molecule has 18 heavy (non-hydrogen) atoms. The zero-order chi connectivity index (χ0) is 13.0. The van der Waals surface area contributed by atoms with Crippen molar-refractivity contribution in [3.8, 4) is 5.75 Å². The molecule has 2 aromatic carbocycles. The number of alkyl halides is 1. The van der Waals surface area contributed by atoms with Crippen molar-refractivity contribution >= 4 is 15.9 Å². The third-order valence-electron chi connectivity index (χ3n) is 2.78. The van der Waals surface area contributed by atoms with Crippen LogP contribution in [0, 0.1) is 12.7 Å². The molecule has 2 rings (SSSR count). The molecule has 0 aliphatic carbocycles. The molecule has 0 saturated heterocycles. The SMILES string of the molecule is Cc1ccc(F)cc1COc1ccc(CBr)cc1. The van der Waals surface area contributed by atoms with Crippen LogP contribution in [0.1, 0.15) is 16.7 Å². The van der Waals surface area contributed by atoms with E-state index in [9.17, 15) is 4.39 Å². The number of hydrogen-bond donors (Lipinski definition) is 0. The minimum Gasteiger partial charge on any atom is -0.489 e. The van der Waals surface area contributed by atoms with Gasteiger partial charge in [-0.25, -0.2) is 4.39 Å². The van der Waals surface area contributed by atoms with Gasteiger partial charge in [-0.2, -0.15) is 0 Å². The van der Waals surface area contributed by atoms with E-state index in [-0.39, 0.29) is 5.82 Å². The summed E-state index contributed by atoms with van der Waals surface area (Å²) in [6.07, 6.45) is 0. The average Bonchev–Trinajstić information content (AvgIpc) is 2.40. The molecule has 0 aliphatic rings. The first-order valence-corrected chi connectivity index (χ1v) is 6.84. The van der Waals surface area contributed by atoms with Crippen LogP contribution in [0.3, 0.4) is 0 Å². The van der Waals surface area contributed by atoms with Gasteiger partial charge in [-0.3, -0.25) is 0 Å². The Morgan fingerprint density at radius 3 is 2.50 bits per heavy atom. The van der Waals surface area contributed by atoms with Crippen LogP contribution in [0.4, 0.5) is 4.39 Å². The topological polar surface area (TPSA) is 9.23 Å². The second-order valence-corrected chi connectivity index (χ2v) is 4.70. The molecule has 0 heterocycles. The molecule has 0 aliphatic heterocycles. The lowest BCUT2D eigenvalue weighted by Crippen LogP contribution is -1.98. The minimum absolute atomic E-state index is 0.228. The highest BCUT2D eigenvalue weighted by Gasteiger charge is 2.02. The fourth-order valence-corrected chi connectivity index (χ4v) is 2.01. The Morgan fingerprint density at radius 2 is 1.83 bits per heavy atom. The van der Waals surface area contributed by atoms with Crippen molar-refractivity contribution in [1.29, 1.82) is 0 Å². The Labute approximate surface area is 115 Å². The minimum atomic E-state index is -0.228. The van der Waals surface area contributed by atoms with Crippen molar-refractivity contribution in [2.45, 2.75) is 18.9 Å². The van der Waals surface area contributed by atoms with Gasteiger partial charge in [-0.05, 0) is 47.9 Å². The van der Waals surface area contributed by atoms with Crippen molar-refractivity contribution in [3.63, 3.8) is 0 Å². The summed E-state index contributed by atoms with van der Waals surface area (Å²) in [4.78, 5) is 0. The fraction of sp³-hybridized carbons (Fsp3) is 0.200. The van der Waals surface area contributed by atoms with Crippen LogP contribution in [0.15, 0.2) is 42.5 Å². The van der Waals surface area contributed by atoms with E-state index in [1.165, 1.54) is 17.7 Å². The van der Waals surface area contributed by atoms with Crippen LogP contribution in [-0.4, -0.2) is 0 Å². The summed E-state index contributed by atoms with van der Waals surface area (Å²) in [5.41, 5.74) is 3.11.